The van der Waals surface area contributed by atoms with Crippen LogP contribution in [0.4, 0.5) is 0 Å². The van der Waals surface area contributed by atoms with Crippen molar-refractivity contribution < 1.29 is 4.74 Å². The van der Waals surface area contributed by atoms with Crippen molar-refractivity contribution >= 4 is 0 Å². The Balaban J connectivity index is 2.22. The van der Waals surface area contributed by atoms with E-state index in [9.17, 15) is 0 Å². The van der Waals surface area contributed by atoms with Crippen LogP contribution in [0.15, 0.2) is 12.3 Å². The Morgan fingerprint density at radius 3 is 2.76 bits per heavy atom. The van der Waals surface area contributed by atoms with Crippen LogP contribution in [0, 0.1) is 0 Å². The Morgan fingerprint density at radius 1 is 1.53 bits per heavy atom. The number of nitrogens with one attached hydrogen (secondary N) is 1. The zero-order valence-corrected chi connectivity index (χ0v) is 11.7. The van der Waals surface area contributed by atoms with Crippen molar-refractivity contribution in [2.45, 2.75) is 45.3 Å². The lowest BCUT2D eigenvalue weighted by molar-refractivity contribution is 0.00865. The molecule has 17 heavy (non-hydrogen) atoms. The van der Waals surface area contributed by atoms with Gasteiger partial charge in [-0.25, -0.2) is 0 Å². The van der Waals surface area contributed by atoms with E-state index in [0.717, 1.165) is 25.1 Å². The second kappa shape index (κ2) is 6.17. The summed E-state index contributed by atoms with van der Waals surface area (Å²) in [6.45, 7) is 7.38. The van der Waals surface area contributed by atoms with Gasteiger partial charge in [-0.2, -0.15) is 5.10 Å². The summed E-state index contributed by atoms with van der Waals surface area (Å²) in [5.74, 6) is 0. The van der Waals surface area contributed by atoms with E-state index in [4.69, 9.17) is 4.74 Å². The van der Waals surface area contributed by atoms with Gasteiger partial charge in [0.05, 0.1) is 11.3 Å². The normalized spacial score (nSPS) is 13.9. The minimum absolute atomic E-state index is 0.0581. The fourth-order valence-corrected chi connectivity index (χ4v) is 1.94. The van der Waals surface area contributed by atoms with Gasteiger partial charge in [0.1, 0.15) is 0 Å². The summed E-state index contributed by atoms with van der Waals surface area (Å²) < 4.78 is 7.26. The molecule has 0 aliphatic rings. The molecule has 0 saturated carbocycles. The second-order valence-electron chi connectivity index (χ2n) is 5.25. The molecule has 4 heteroatoms. The smallest absolute Gasteiger partial charge is 0.0637 e. The van der Waals surface area contributed by atoms with E-state index in [2.05, 4.69) is 37.3 Å². The van der Waals surface area contributed by atoms with Crippen molar-refractivity contribution in [3.63, 3.8) is 0 Å². The van der Waals surface area contributed by atoms with Gasteiger partial charge >= 0.3 is 0 Å². The molecule has 1 aromatic rings. The van der Waals surface area contributed by atoms with Crippen molar-refractivity contribution in [1.29, 1.82) is 0 Å². The Kier molecular flexibility index (Phi) is 5.15. The molecule has 1 aromatic heterocycles. The molecule has 1 N–H and O–H groups in total. The molecule has 1 atom stereocenters. The molecule has 98 valence electrons. The highest BCUT2D eigenvalue weighted by Gasteiger charge is 2.19. The zero-order chi connectivity index (χ0) is 12.9. The van der Waals surface area contributed by atoms with Gasteiger partial charge < -0.3 is 10.1 Å². The maximum atomic E-state index is 5.42. The third-order valence-electron chi connectivity index (χ3n) is 2.99. The van der Waals surface area contributed by atoms with Gasteiger partial charge in [-0.05, 0) is 33.3 Å². The maximum Gasteiger partial charge on any atom is 0.0637 e. The van der Waals surface area contributed by atoms with Crippen LogP contribution in [0.5, 0.6) is 0 Å². The minimum atomic E-state index is -0.0581. The fraction of sp³-hybridized carbons (Fsp3) is 0.769. The number of aromatic nitrogens is 2. The molecule has 0 saturated heterocycles. The minimum Gasteiger partial charge on any atom is -0.379 e. The van der Waals surface area contributed by atoms with Crippen LogP contribution in [-0.2, 0) is 18.2 Å². The summed E-state index contributed by atoms with van der Waals surface area (Å²) in [5, 5.41) is 7.85. The molecule has 1 heterocycles. The van der Waals surface area contributed by atoms with Crippen LogP contribution in [0.1, 0.15) is 32.9 Å². The summed E-state index contributed by atoms with van der Waals surface area (Å²) in [6, 6.07) is 2.51. The number of hydrogen-bond donors (Lipinski definition) is 1. The highest BCUT2D eigenvalue weighted by atomic mass is 16.5. The average Bonchev–Trinajstić information content (AvgIpc) is 2.63. The van der Waals surface area contributed by atoms with Crippen LogP contribution in [-0.4, -0.2) is 35.1 Å². The summed E-state index contributed by atoms with van der Waals surface area (Å²) in [4.78, 5) is 0. The van der Waals surface area contributed by atoms with Crippen LogP contribution in [0.25, 0.3) is 0 Å². The third-order valence-corrected chi connectivity index (χ3v) is 2.99. The predicted molar refractivity (Wildman–Crippen MR) is 70.1 cm³/mol. The maximum absolute atomic E-state index is 5.42. The zero-order valence-electron chi connectivity index (χ0n) is 11.7. The van der Waals surface area contributed by atoms with Gasteiger partial charge in [0.25, 0.3) is 0 Å². The standard InChI is InChI=1S/C13H25N3O/c1-11(10-13(2,3)17-5)14-8-6-12-7-9-16(4)15-12/h7,9,11,14H,6,8,10H2,1-5H3. The fourth-order valence-electron chi connectivity index (χ4n) is 1.94. The van der Waals surface area contributed by atoms with E-state index in [0.29, 0.717) is 6.04 Å². The molecule has 1 rings (SSSR count). The summed E-state index contributed by atoms with van der Waals surface area (Å²) in [5.41, 5.74) is 1.08. The molecule has 0 amide bonds. The van der Waals surface area contributed by atoms with Crippen LogP contribution >= 0.6 is 0 Å². The molecule has 0 aliphatic carbocycles. The van der Waals surface area contributed by atoms with Gasteiger partial charge in [0.2, 0.25) is 0 Å². The van der Waals surface area contributed by atoms with Crippen molar-refractivity contribution in [2.75, 3.05) is 13.7 Å². The molecular formula is C13H25N3O. The van der Waals surface area contributed by atoms with Crippen molar-refractivity contribution in [2.24, 2.45) is 7.05 Å². The largest absolute Gasteiger partial charge is 0.379 e. The first-order valence-electron chi connectivity index (χ1n) is 6.20. The first-order chi connectivity index (χ1) is 7.93. The molecule has 0 spiro atoms. The van der Waals surface area contributed by atoms with E-state index < -0.39 is 0 Å². The average molecular weight is 239 g/mol. The molecule has 0 aliphatic heterocycles. The van der Waals surface area contributed by atoms with E-state index in [1.165, 1.54) is 0 Å². The quantitative estimate of drug-likeness (QED) is 0.788. The van der Waals surface area contributed by atoms with E-state index in [1.807, 2.05) is 17.9 Å². The molecule has 0 fully saturated rings. The van der Waals surface area contributed by atoms with Crippen LogP contribution in [0.2, 0.25) is 0 Å². The van der Waals surface area contributed by atoms with Crippen molar-refractivity contribution in [3.05, 3.63) is 18.0 Å². The predicted octanol–water partition coefficient (Wildman–Crippen LogP) is 1.76. The number of nitrogens with zero attached hydrogens (tertiary/aromatic N) is 2. The van der Waals surface area contributed by atoms with Crippen molar-refractivity contribution in [1.82, 2.24) is 15.1 Å². The second-order valence-corrected chi connectivity index (χ2v) is 5.25. The Hall–Kier alpha value is -0.870. The van der Waals surface area contributed by atoms with E-state index in [-0.39, 0.29) is 5.60 Å². The Morgan fingerprint density at radius 2 is 2.24 bits per heavy atom. The Labute approximate surface area is 104 Å². The van der Waals surface area contributed by atoms with Crippen molar-refractivity contribution in [3.8, 4) is 0 Å². The number of hydrogen-bond acceptors (Lipinski definition) is 3. The summed E-state index contributed by atoms with van der Waals surface area (Å²) in [7, 11) is 3.71. The lowest BCUT2D eigenvalue weighted by Gasteiger charge is -2.27. The highest BCUT2D eigenvalue weighted by Crippen LogP contribution is 2.15. The van der Waals surface area contributed by atoms with Crippen LogP contribution in [0.3, 0.4) is 0 Å². The van der Waals surface area contributed by atoms with Gasteiger partial charge in [-0.1, -0.05) is 0 Å². The van der Waals surface area contributed by atoms with Gasteiger partial charge in [-0.15, -0.1) is 0 Å². The number of rotatable bonds is 7. The summed E-state index contributed by atoms with van der Waals surface area (Å²) >= 11 is 0. The first kappa shape index (κ1) is 14.2. The van der Waals surface area contributed by atoms with E-state index >= 15 is 0 Å². The Bertz CT molecular complexity index is 333. The molecule has 0 radical (unpaired) electrons. The third kappa shape index (κ3) is 5.33. The summed E-state index contributed by atoms with van der Waals surface area (Å²) in [6.07, 6.45) is 3.96. The lowest BCUT2D eigenvalue weighted by atomic mass is 10.00. The first-order valence-corrected chi connectivity index (χ1v) is 6.20. The van der Waals surface area contributed by atoms with Gasteiger partial charge in [-0.3, -0.25) is 4.68 Å². The topological polar surface area (TPSA) is 39.1 Å². The molecular weight excluding hydrogens is 214 g/mol. The SMILES string of the molecule is COC(C)(C)CC(C)NCCc1ccn(C)n1. The number of aryl methyl sites for hydroxylation is 1. The van der Waals surface area contributed by atoms with Crippen LogP contribution < -0.4 is 5.32 Å². The molecule has 0 bridgehead atoms. The molecule has 4 nitrogen and oxygen atoms in total. The molecule has 0 aromatic carbocycles. The number of ether oxygens (including phenoxy) is 1. The van der Waals surface area contributed by atoms with Gasteiger partial charge in [0.15, 0.2) is 0 Å². The molecule has 1 unspecified atom stereocenters. The lowest BCUT2D eigenvalue weighted by Crippen LogP contribution is -2.36. The number of methoxy groups -OCH3 is 1. The highest BCUT2D eigenvalue weighted by molar-refractivity contribution is 4.99. The monoisotopic (exact) mass is 239 g/mol. The van der Waals surface area contributed by atoms with Gasteiger partial charge in [0, 0.05) is 39.4 Å². The van der Waals surface area contributed by atoms with E-state index in [1.54, 1.807) is 7.11 Å².